The van der Waals surface area contributed by atoms with E-state index in [0.29, 0.717) is 5.82 Å². The van der Waals surface area contributed by atoms with Gasteiger partial charge in [0, 0.05) is 0 Å². The van der Waals surface area contributed by atoms with Gasteiger partial charge in [0.25, 0.3) is 0 Å². The van der Waals surface area contributed by atoms with Crippen LogP contribution in [0, 0.1) is 0 Å². The van der Waals surface area contributed by atoms with Crippen LogP contribution in [0.2, 0.25) is 0 Å². The van der Waals surface area contributed by atoms with Crippen LogP contribution in [0.25, 0.3) is 60.9 Å². The molecule has 2 aliphatic carbocycles. The van der Waals surface area contributed by atoms with Gasteiger partial charge in [0.05, 0.1) is 0 Å². The zero-order chi connectivity index (χ0) is 25.9. The minimum Gasteiger partial charge on any atom is -0.0761 e. The molecule has 0 radical (unpaired) electrons. The Labute approximate surface area is 230 Å². The first-order chi connectivity index (χ1) is 19.3. The number of rotatable bonds is 3. The predicted octanol–water partition coefficient (Wildman–Crippen LogP) is 9.33. The molecule has 1 atom stereocenters. The first kappa shape index (κ1) is 22.4. The molecular formula is C38H27B. The molecule has 1 unspecified atom stereocenters. The second kappa shape index (κ2) is 8.71. The molecule has 1 heteroatoms. The highest BCUT2D eigenvalue weighted by atomic mass is 14.4. The van der Waals surface area contributed by atoms with E-state index in [-0.39, 0.29) is 0 Å². The average molecular weight is 494 g/mol. The van der Waals surface area contributed by atoms with Crippen molar-refractivity contribution in [2.24, 2.45) is 0 Å². The van der Waals surface area contributed by atoms with Crippen LogP contribution in [0.4, 0.5) is 0 Å². The van der Waals surface area contributed by atoms with E-state index in [4.69, 9.17) is 0 Å². The van der Waals surface area contributed by atoms with E-state index in [9.17, 15) is 0 Å². The number of allylic oxidation sites excluding steroid dienone is 1. The third-order valence-corrected chi connectivity index (χ3v) is 8.67. The molecule has 0 aromatic heterocycles. The molecule has 39 heavy (non-hydrogen) atoms. The summed E-state index contributed by atoms with van der Waals surface area (Å²) in [5, 5.41) is 2.62. The third-order valence-electron chi connectivity index (χ3n) is 8.67. The monoisotopic (exact) mass is 494 g/mol. The van der Waals surface area contributed by atoms with Crippen molar-refractivity contribution in [3.63, 3.8) is 0 Å². The van der Waals surface area contributed by atoms with E-state index >= 15 is 0 Å². The predicted molar refractivity (Wildman–Crippen MR) is 169 cm³/mol. The summed E-state index contributed by atoms with van der Waals surface area (Å²) in [5.74, 6) is 0.521. The first-order valence-electron chi connectivity index (χ1n) is 13.9. The summed E-state index contributed by atoms with van der Waals surface area (Å²) in [6.45, 7) is 0. The van der Waals surface area contributed by atoms with Crippen LogP contribution in [0.15, 0.2) is 133 Å². The highest BCUT2D eigenvalue weighted by molar-refractivity contribution is 6.23. The molecule has 0 aliphatic heterocycles. The summed E-state index contributed by atoms with van der Waals surface area (Å²) in [6.07, 6.45) is 3.58. The summed E-state index contributed by atoms with van der Waals surface area (Å²) < 4.78 is 0. The molecule has 0 N–H and O–H groups in total. The van der Waals surface area contributed by atoms with E-state index in [1.54, 1.807) is 0 Å². The molecule has 0 spiro atoms. The first-order valence-corrected chi connectivity index (χ1v) is 13.9. The Balaban J connectivity index is 1.59. The number of fused-ring (bicyclic) bond motifs is 4. The van der Waals surface area contributed by atoms with Gasteiger partial charge in [-0.1, -0.05) is 133 Å². The molecule has 8 rings (SSSR count). The number of hydrogen-bond donors (Lipinski definition) is 0. The average Bonchev–Trinajstić information content (AvgIpc) is 3.33. The van der Waals surface area contributed by atoms with Crippen LogP contribution in [0.3, 0.4) is 0 Å². The van der Waals surface area contributed by atoms with E-state index in [1.807, 2.05) is 0 Å². The molecule has 182 valence electrons. The van der Waals surface area contributed by atoms with Crippen molar-refractivity contribution in [1.82, 2.24) is 0 Å². The Morgan fingerprint density at radius 3 is 1.77 bits per heavy atom. The Kier molecular flexibility index (Phi) is 5.00. The minimum atomic E-state index is 0.521. The fourth-order valence-electron chi connectivity index (χ4n) is 6.97. The van der Waals surface area contributed by atoms with E-state index < -0.39 is 0 Å². The topological polar surface area (TPSA) is 0 Å². The lowest BCUT2D eigenvalue weighted by Gasteiger charge is -2.23. The summed E-state index contributed by atoms with van der Waals surface area (Å²) >= 11 is 0. The Morgan fingerprint density at radius 1 is 0.436 bits per heavy atom. The molecule has 0 heterocycles. The highest BCUT2D eigenvalue weighted by Crippen LogP contribution is 2.58. The molecule has 2 aliphatic rings. The SMILES string of the molecule is BC1CC=C2c3c(cccc31)-c1c2c(-c2ccccc2-c2ccccc2)c2ccccc2c1-c1ccccc1. The van der Waals surface area contributed by atoms with Crippen LogP contribution in [-0.4, -0.2) is 7.85 Å². The zero-order valence-electron chi connectivity index (χ0n) is 22.0. The summed E-state index contributed by atoms with van der Waals surface area (Å²) in [6, 6.07) is 46.8. The normalized spacial score (nSPS) is 15.1. The molecule has 0 amide bonds. The summed E-state index contributed by atoms with van der Waals surface area (Å²) in [4.78, 5) is 0. The summed E-state index contributed by atoms with van der Waals surface area (Å²) in [5.41, 5.74) is 16.3. The van der Waals surface area contributed by atoms with Crippen molar-refractivity contribution < 1.29 is 0 Å². The van der Waals surface area contributed by atoms with E-state index in [2.05, 4.69) is 141 Å². The van der Waals surface area contributed by atoms with Gasteiger partial charge in [-0.2, -0.15) is 0 Å². The van der Waals surface area contributed by atoms with Crippen LogP contribution in [0.1, 0.15) is 28.9 Å². The van der Waals surface area contributed by atoms with Gasteiger partial charge < -0.3 is 0 Å². The maximum absolute atomic E-state index is 2.51. The largest absolute Gasteiger partial charge is 0.111 e. The quantitative estimate of drug-likeness (QED) is 0.215. The van der Waals surface area contributed by atoms with E-state index in [0.717, 1.165) is 6.42 Å². The minimum absolute atomic E-state index is 0.521. The van der Waals surface area contributed by atoms with E-state index in [1.165, 1.54) is 77.5 Å². The fourth-order valence-corrected chi connectivity index (χ4v) is 6.97. The second-order valence-electron chi connectivity index (χ2n) is 10.8. The zero-order valence-corrected chi connectivity index (χ0v) is 22.0. The molecule has 0 saturated carbocycles. The summed E-state index contributed by atoms with van der Waals surface area (Å²) in [7, 11) is 2.37. The van der Waals surface area contributed by atoms with Gasteiger partial charge in [0.2, 0.25) is 0 Å². The van der Waals surface area contributed by atoms with Gasteiger partial charge in [0.1, 0.15) is 7.85 Å². The van der Waals surface area contributed by atoms with Crippen molar-refractivity contribution >= 4 is 24.2 Å². The Hall–Kier alpha value is -4.62. The Morgan fingerprint density at radius 2 is 1.03 bits per heavy atom. The van der Waals surface area contributed by atoms with Gasteiger partial charge in [-0.05, 0) is 89.8 Å². The van der Waals surface area contributed by atoms with Crippen molar-refractivity contribution in [2.75, 3.05) is 0 Å². The molecule has 0 fully saturated rings. The van der Waals surface area contributed by atoms with Gasteiger partial charge >= 0.3 is 0 Å². The van der Waals surface area contributed by atoms with Crippen LogP contribution >= 0.6 is 0 Å². The molecule has 0 bridgehead atoms. The van der Waals surface area contributed by atoms with Crippen LogP contribution in [-0.2, 0) is 0 Å². The highest BCUT2D eigenvalue weighted by Gasteiger charge is 2.36. The van der Waals surface area contributed by atoms with Gasteiger partial charge in [-0.25, -0.2) is 0 Å². The van der Waals surface area contributed by atoms with Crippen LogP contribution < -0.4 is 0 Å². The lowest BCUT2D eigenvalue weighted by Crippen LogP contribution is -2.06. The maximum atomic E-state index is 2.51. The maximum Gasteiger partial charge on any atom is 0.111 e. The molecule has 0 nitrogen and oxygen atoms in total. The van der Waals surface area contributed by atoms with Crippen molar-refractivity contribution in [3.05, 3.63) is 150 Å². The van der Waals surface area contributed by atoms with Gasteiger partial charge in [0.15, 0.2) is 0 Å². The molecule has 6 aromatic rings. The molecular weight excluding hydrogens is 467 g/mol. The van der Waals surface area contributed by atoms with Crippen molar-refractivity contribution in [1.29, 1.82) is 0 Å². The standard InChI is InChI=1S/C38H27B/c39-33-23-22-32-35-30(33)20-11-21-31(35)37-34(25-14-5-2-6-15-25)28-18-9-10-19-29(28)36(38(32)37)27-17-8-7-16-26(27)24-12-3-1-4-13-24/h1-22,33H,23,39H2. The second-order valence-corrected chi connectivity index (χ2v) is 10.8. The lowest BCUT2D eigenvalue weighted by molar-refractivity contribution is 0.937. The molecule has 6 aromatic carbocycles. The fraction of sp³-hybridized carbons (Fsp3) is 0.0526. The van der Waals surface area contributed by atoms with Gasteiger partial charge in [-0.15, -0.1) is 0 Å². The Bertz CT molecular complexity index is 1930. The van der Waals surface area contributed by atoms with Crippen molar-refractivity contribution in [3.8, 4) is 44.5 Å². The molecule has 0 saturated heterocycles. The third kappa shape index (κ3) is 3.26. The number of benzene rings is 6. The van der Waals surface area contributed by atoms with Crippen LogP contribution in [0.5, 0.6) is 0 Å². The lowest BCUT2D eigenvalue weighted by atomic mass is 9.71. The van der Waals surface area contributed by atoms with Gasteiger partial charge in [-0.3, -0.25) is 0 Å². The van der Waals surface area contributed by atoms with Crippen molar-refractivity contribution in [2.45, 2.75) is 12.2 Å². The smallest absolute Gasteiger partial charge is 0.0761 e. The number of hydrogen-bond acceptors (Lipinski definition) is 0.